The molecule has 25 heavy (non-hydrogen) atoms. The van der Waals surface area contributed by atoms with Gasteiger partial charge in [0.05, 0.1) is 5.69 Å². The van der Waals surface area contributed by atoms with Crippen LogP contribution in [0.3, 0.4) is 0 Å². The minimum Gasteiger partial charge on any atom is -0.364 e. The maximum atomic E-state index is 11.8. The van der Waals surface area contributed by atoms with Crippen LogP contribution in [0.15, 0.2) is 22.9 Å². The van der Waals surface area contributed by atoms with Crippen LogP contribution in [0.2, 0.25) is 0 Å². The maximum absolute atomic E-state index is 11.8. The highest BCUT2D eigenvalue weighted by Crippen LogP contribution is 2.60. The largest absolute Gasteiger partial charge is 0.364 e. The van der Waals surface area contributed by atoms with Gasteiger partial charge in [-0.3, -0.25) is 0 Å². The lowest BCUT2D eigenvalue weighted by Crippen LogP contribution is -2.46. The van der Waals surface area contributed by atoms with E-state index in [4.69, 9.17) is 9.32 Å². The molecular formula is C21H29NO3. The summed E-state index contributed by atoms with van der Waals surface area (Å²) in [5.74, 6) is 1.44. The van der Waals surface area contributed by atoms with E-state index >= 15 is 0 Å². The van der Waals surface area contributed by atoms with Crippen molar-refractivity contribution in [1.82, 2.24) is 5.16 Å². The summed E-state index contributed by atoms with van der Waals surface area (Å²) in [5, 5.41) is 4.09. The average molecular weight is 343 g/mol. The van der Waals surface area contributed by atoms with Crippen LogP contribution in [0.25, 0.3) is 0 Å². The summed E-state index contributed by atoms with van der Waals surface area (Å²) in [6, 6.07) is 0. The number of rotatable bonds is 2. The predicted molar refractivity (Wildman–Crippen MR) is 96.0 cm³/mol. The minimum atomic E-state index is 0.0472. The SMILES string of the molecule is C=C1CCC2CC(C3(C)Cc4conc4CC3C=O)CCC12C.C=O. The van der Waals surface area contributed by atoms with E-state index in [2.05, 4.69) is 25.6 Å². The van der Waals surface area contributed by atoms with E-state index < -0.39 is 0 Å². The van der Waals surface area contributed by atoms with Crippen molar-refractivity contribution in [3.63, 3.8) is 0 Å². The number of carbonyl (C=O) groups is 2. The Morgan fingerprint density at radius 1 is 1.28 bits per heavy atom. The molecule has 0 radical (unpaired) electrons. The van der Waals surface area contributed by atoms with Gasteiger partial charge in [-0.1, -0.05) is 31.2 Å². The van der Waals surface area contributed by atoms with Crippen molar-refractivity contribution in [3.8, 4) is 0 Å². The lowest BCUT2D eigenvalue weighted by atomic mass is 9.53. The van der Waals surface area contributed by atoms with Crippen molar-refractivity contribution < 1.29 is 14.1 Å². The topological polar surface area (TPSA) is 60.2 Å². The predicted octanol–water partition coefficient (Wildman–Crippen LogP) is 4.18. The lowest BCUT2D eigenvalue weighted by molar-refractivity contribution is -0.118. The van der Waals surface area contributed by atoms with Crippen molar-refractivity contribution in [2.45, 2.75) is 58.8 Å². The molecule has 5 unspecified atom stereocenters. The fourth-order valence-electron chi connectivity index (χ4n) is 5.76. The molecule has 4 heteroatoms. The van der Waals surface area contributed by atoms with Gasteiger partial charge in [0, 0.05) is 17.9 Å². The van der Waals surface area contributed by atoms with Crippen molar-refractivity contribution in [2.75, 3.05) is 0 Å². The summed E-state index contributed by atoms with van der Waals surface area (Å²) in [6.07, 6.45) is 10.8. The van der Waals surface area contributed by atoms with Crippen LogP contribution in [-0.2, 0) is 22.4 Å². The second-order valence-electron chi connectivity index (χ2n) is 8.64. The van der Waals surface area contributed by atoms with Gasteiger partial charge < -0.3 is 14.1 Å². The zero-order chi connectivity index (χ0) is 18.2. The van der Waals surface area contributed by atoms with Gasteiger partial charge in [0.25, 0.3) is 0 Å². The van der Waals surface area contributed by atoms with E-state index in [1.165, 1.54) is 49.5 Å². The van der Waals surface area contributed by atoms with Crippen molar-refractivity contribution >= 4 is 13.1 Å². The monoisotopic (exact) mass is 343 g/mol. The van der Waals surface area contributed by atoms with Crippen LogP contribution in [0, 0.1) is 28.6 Å². The van der Waals surface area contributed by atoms with E-state index in [0.717, 1.165) is 24.5 Å². The van der Waals surface area contributed by atoms with Crippen LogP contribution in [-0.4, -0.2) is 18.2 Å². The van der Waals surface area contributed by atoms with Crippen LogP contribution in [0.1, 0.15) is 57.2 Å². The smallest absolute Gasteiger partial charge is 0.127 e. The van der Waals surface area contributed by atoms with Crippen molar-refractivity contribution in [2.24, 2.45) is 28.6 Å². The lowest BCUT2D eigenvalue weighted by Gasteiger charge is -2.50. The molecule has 1 aromatic rings. The van der Waals surface area contributed by atoms with Gasteiger partial charge in [0.15, 0.2) is 0 Å². The van der Waals surface area contributed by atoms with Gasteiger partial charge in [-0.2, -0.15) is 0 Å². The number of aldehydes is 1. The average Bonchev–Trinajstić information content (AvgIpc) is 3.19. The summed E-state index contributed by atoms with van der Waals surface area (Å²) >= 11 is 0. The molecule has 2 saturated carbocycles. The summed E-state index contributed by atoms with van der Waals surface area (Å²) in [5.41, 5.74) is 4.07. The third kappa shape index (κ3) is 2.70. The molecule has 2 fully saturated rings. The first-order valence-corrected chi connectivity index (χ1v) is 9.32. The number of carbonyl (C=O) groups excluding carboxylic acids is 2. The number of allylic oxidation sites excluding steroid dienone is 1. The zero-order valence-electron chi connectivity index (χ0n) is 15.4. The highest BCUT2D eigenvalue weighted by atomic mass is 16.5. The second-order valence-corrected chi connectivity index (χ2v) is 8.64. The minimum absolute atomic E-state index is 0.0472. The van der Waals surface area contributed by atoms with Gasteiger partial charge in [0.1, 0.15) is 19.3 Å². The van der Waals surface area contributed by atoms with E-state index in [9.17, 15) is 4.79 Å². The Hall–Kier alpha value is -1.71. The van der Waals surface area contributed by atoms with Gasteiger partial charge in [-0.15, -0.1) is 0 Å². The first kappa shape index (κ1) is 18.1. The number of hydrogen-bond donors (Lipinski definition) is 0. The molecule has 1 heterocycles. The fraction of sp³-hybridized carbons (Fsp3) is 0.667. The quantitative estimate of drug-likeness (QED) is 0.597. The van der Waals surface area contributed by atoms with Crippen LogP contribution >= 0.6 is 0 Å². The molecule has 0 aliphatic heterocycles. The molecule has 3 aliphatic rings. The molecular weight excluding hydrogens is 314 g/mol. The summed E-state index contributed by atoms with van der Waals surface area (Å²) < 4.78 is 5.16. The fourth-order valence-corrected chi connectivity index (χ4v) is 5.76. The molecule has 0 N–H and O–H groups in total. The number of nitrogens with zero attached hydrogens (tertiary/aromatic N) is 1. The van der Waals surface area contributed by atoms with E-state index in [-0.39, 0.29) is 11.3 Å². The molecule has 0 amide bonds. The van der Waals surface area contributed by atoms with E-state index in [1.54, 1.807) is 6.26 Å². The van der Waals surface area contributed by atoms with Crippen molar-refractivity contribution in [3.05, 3.63) is 29.7 Å². The number of fused-ring (bicyclic) bond motifs is 2. The Labute approximate surface area is 150 Å². The van der Waals surface area contributed by atoms with Gasteiger partial charge in [-0.25, -0.2) is 0 Å². The Bertz CT molecular complexity index is 666. The van der Waals surface area contributed by atoms with Crippen LogP contribution < -0.4 is 0 Å². The van der Waals surface area contributed by atoms with Gasteiger partial charge in [-0.05, 0) is 61.2 Å². The third-order valence-corrected chi connectivity index (χ3v) is 7.74. The Kier molecular flexibility index (Phi) is 4.74. The molecule has 0 spiro atoms. The Morgan fingerprint density at radius 3 is 2.76 bits per heavy atom. The molecule has 4 nitrogen and oxygen atoms in total. The first-order chi connectivity index (χ1) is 12.0. The summed E-state index contributed by atoms with van der Waals surface area (Å²) in [7, 11) is 0. The number of hydrogen-bond acceptors (Lipinski definition) is 4. The summed E-state index contributed by atoms with van der Waals surface area (Å²) in [4.78, 5) is 19.8. The Balaban J connectivity index is 0.000000880. The second kappa shape index (κ2) is 6.54. The molecule has 0 aromatic carbocycles. The van der Waals surface area contributed by atoms with Crippen LogP contribution in [0.5, 0.6) is 0 Å². The van der Waals surface area contributed by atoms with E-state index in [1.807, 2.05) is 6.79 Å². The highest BCUT2D eigenvalue weighted by Gasteiger charge is 2.52. The third-order valence-electron chi connectivity index (χ3n) is 7.74. The molecule has 136 valence electrons. The number of aromatic nitrogens is 1. The van der Waals surface area contributed by atoms with Gasteiger partial charge >= 0.3 is 0 Å². The van der Waals surface area contributed by atoms with Gasteiger partial charge in [0.2, 0.25) is 0 Å². The van der Waals surface area contributed by atoms with Crippen molar-refractivity contribution in [1.29, 1.82) is 0 Å². The normalized spacial score (nSPS) is 39.8. The first-order valence-electron chi connectivity index (χ1n) is 9.32. The summed E-state index contributed by atoms with van der Waals surface area (Å²) in [6.45, 7) is 11.1. The zero-order valence-corrected chi connectivity index (χ0v) is 15.4. The maximum Gasteiger partial charge on any atom is 0.127 e. The standard InChI is InChI=1S/C20H27NO2.CH2O/c1-13-4-5-15-8-16(6-7-19(13,15)2)20(3)10-14-12-23-21-18(14)9-17(20)11-22;1-2/h11-12,15-17H,1,4-10H2,2-3H3;1H2. The molecule has 5 atom stereocenters. The van der Waals surface area contributed by atoms with Crippen LogP contribution in [0.4, 0.5) is 0 Å². The molecule has 3 aliphatic carbocycles. The molecule has 1 aromatic heterocycles. The van der Waals surface area contributed by atoms with E-state index in [0.29, 0.717) is 11.3 Å². The molecule has 4 rings (SSSR count). The molecule has 0 bridgehead atoms. The molecule has 0 saturated heterocycles. The highest BCUT2D eigenvalue weighted by molar-refractivity contribution is 5.57. The Morgan fingerprint density at radius 2 is 2.04 bits per heavy atom.